The molecule has 0 aromatic carbocycles. The molecule has 1 atom stereocenters. The van der Waals surface area contributed by atoms with Gasteiger partial charge < -0.3 is 14.2 Å². The van der Waals surface area contributed by atoms with Crippen LogP contribution in [0.5, 0.6) is 0 Å². The number of nitrogens with one attached hydrogen (secondary N) is 1. The van der Waals surface area contributed by atoms with E-state index < -0.39 is 5.54 Å². The lowest BCUT2D eigenvalue weighted by Gasteiger charge is -2.29. The van der Waals surface area contributed by atoms with Crippen LogP contribution in [0.1, 0.15) is 32.3 Å². The summed E-state index contributed by atoms with van der Waals surface area (Å²) in [4.78, 5) is 14.3. The van der Waals surface area contributed by atoms with Crippen LogP contribution in [0.15, 0.2) is 45.6 Å². The van der Waals surface area contributed by atoms with E-state index in [0.29, 0.717) is 13.1 Å². The average Bonchev–Trinajstić information content (AvgIpc) is 3.20. The molecule has 2 aromatic rings. The molecule has 0 unspecified atom stereocenters. The second kappa shape index (κ2) is 7.84. The van der Waals surface area contributed by atoms with Crippen molar-refractivity contribution >= 4 is 5.91 Å². The first-order chi connectivity index (χ1) is 11.4. The van der Waals surface area contributed by atoms with Crippen LogP contribution in [0.25, 0.3) is 0 Å². The Morgan fingerprint density at radius 3 is 2.17 bits per heavy atom. The molecule has 0 aliphatic carbocycles. The van der Waals surface area contributed by atoms with Crippen LogP contribution in [0.4, 0.5) is 0 Å². The number of rotatable bonds is 8. The predicted octanol–water partition coefficient (Wildman–Crippen LogP) is 2.93. The minimum absolute atomic E-state index is 0.00930. The standard InChI is InChI=1S/C18H23N3O3/c1-14(2)18(3,13-19)20-17(22)12-21(10-15-6-4-8-23-15)11-16-7-5-9-24-16/h4-9,14H,10-12H2,1-3H3,(H,20,22)/t18-/m1/s1. The number of nitriles is 1. The first-order valence-electron chi connectivity index (χ1n) is 7.92. The molecule has 1 amide bonds. The largest absolute Gasteiger partial charge is 0.468 e. The van der Waals surface area contributed by atoms with E-state index in [2.05, 4.69) is 11.4 Å². The summed E-state index contributed by atoms with van der Waals surface area (Å²) in [5, 5.41) is 12.2. The van der Waals surface area contributed by atoms with Gasteiger partial charge in [0, 0.05) is 0 Å². The van der Waals surface area contributed by atoms with Crippen molar-refractivity contribution in [3.8, 4) is 6.07 Å². The van der Waals surface area contributed by atoms with E-state index in [1.807, 2.05) is 43.0 Å². The number of hydrogen-bond acceptors (Lipinski definition) is 5. The van der Waals surface area contributed by atoms with Crippen molar-refractivity contribution in [2.24, 2.45) is 5.92 Å². The van der Waals surface area contributed by atoms with Gasteiger partial charge in [-0.2, -0.15) is 5.26 Å². The van der Waals surface area contributed by atoms with Gasteiger partial charge in [-0.3, -0.25) is 9.69 Å². The first kappa shape index (κ1) is 17.8. The van der Waals surface area contributed by atoms with E-state index in [0.717, 1.165) is 11.5 Å². The molecule has 24 heavy (non-hydrogen) atoms. The average molecular weight is 329 g/mol. The van der Waals surface area contributed by atoms with Gasteiger partial charge in [0.2, 0.25) is 5.91 Å². The summed E-state index contributed by atoms with van der Waals surface area (Å²) in [5.41, 5.74) is -0.891. The molecule has 0 saturated heterocycles. The predicted molar refractivity (Wildman–Crippen MR) is 88.5 cm³/mol. The lowest BCUT2D eigenvalue weighted by Crippen LogP contribution is -2.51. The quantitative estimate of drug-likeness (QED) is 0.805. The maximum absolute atomic E-state index is 12.4. The van der Waals surface area contributed by atoms with Crippen LogP contribution in [-0.2, 0) is 17.9 Å². The summed E-state index contributed by atoms with van der Waals surface area (Å²) >= 11 is 0. The first-order valence-corrected chi connectivity index (χ1v) is 7.92. The van der Waals surface area contributed by atoms with Gasteiger partial charge in [0.25, 0.3) is 0 Å². The number of furan rings is 2. The summed E-state index contributed by atoms with van der Waals surface area (Å²) < 4.78 is 10.7. The van der Waals surface area contributed by atoms with E-state index in [9.17, 15) is 10.1 Å². The van der Waals surface area contributed by atoms with E-state index in [-0.39, 0.29) is 18.4 Å². The van der Waals surface area contributed by atoms with Crippen molar-refractivity contribution < 1.29 is 13.6 Å². The number of amides is 1. The van der Waals surface area contributed by atoms with Crippen LogP contribution < -0.4 is 5.32 Å². The van der Waals surface area contributed by atoms with Gasteiger partial charge in [-0.05, 0) is 37.1 Å². The van der Waals surface area contributed by atoms with Gasteiger partial charge in [-0.1, -0.05) is 13.8 Å². The van der Waals surface area contributed by atoms with E-state index in [4.69, 9.17) is 8.83 Å². The Hall–Kier alpha value is -2.52. The van der Waals surface area contributed by atoms with Gasteiger partial charge >= 0.3 is 0 Å². The molecule has 2 heterocycles. The highest BCUT2D eigenvalue weighted by molar-refractivity contribution is 5.79. The fourth-order valence-corrected chi connectivity index (χ4v) is 2.25. The summed E-state index contributed by atoms with van der Waals surface area (Å²) in [6.07, 6.45) is 3.21. The molecular weight excluding hydrogens is 306 g/mol. The molecule has 0 aliphatic rings. The molecular formula is C18H23N3O3. The van der Waals surface area contributed by atoms with Gasteiger partial charge in [-0.25, -0.2) is 0 Å². The van der Waals surface area contributed by atoms with E-state index in [1.54, 1.807) is 19.5 Å². The van der Waals surface area contributed by atoms with Crippen LogP contribution >= 0.6 is 0 Å². The van der Waals surface area contributed by atoms with Crippen molar-refractivity contribution in [1.29, 1.82) is 5.26 Å². The summed E-state index contributed by atoms with van der Waals surface area (Å²) in [5.74, 6) is 1.34. The van der Waals surface area contributed by atoms with Crippen molar-refractivity contribution in [3.05, 3.63) is 48.3 Å². The summed E-state index contributed by atoms with van der Waals surface area (Å²) in [6, 6.07) is 9.53. The van der Waals surface area contributed by atoms with E-state index in [1.165, 1.54) is 0 Å². The zero-order valence-electron chi connectivity index (χ0n) is 14.3. The highest BCUT2D eigenvalue weighted by Gasteiger charge is 2.30. The van der Waals surface area contributed by atoms with Gasteiger partial charge in [0.1, 0.15) is 17.1 Å². The Bertz CT molecular complexity index is 635. The Labute approximate surface area is 142 Å². The number of hydrogen-bond donors (Lipinski definition) is 1. The van der Waals surface area contributed by atoms with Gasteiger partial charge in [0.05, 0.1) is 38.2 Å². The molecule has 1 N–H and O–H groups in total. The number of carbonyl (C=O) groups excluding carboxylic acids is 1. The third kappa shape index (κ3) is 4.74. The summed E-state index contributed by atoms with van der Waals surface area (Å²) in [6.45, 7) is 6.66. The second-order valence-corrected chi connectivity index (χ2v) is 6.32. The second-order valence-electron chi connectivity index (χ2n) is 6.32. The maximum atomic E-state index is 12.4. The Kier molecular flexibility index (Phi) is 5.83. The smallest absolute Gasteiger partial charge is 0.235 e. The molecule has 0 aliphatic heterocycles. The fraction of sp³-hybridized carbons (Fsp3) is 0.444. The highest BCUT2D eigenvalue weighted by Crippen LogP contribution is 2.16. The third-order valence-electron chi connectivity index (χ3n) is 4.07. The minimum atomic E-state index is -0.891. The fourth-order valence-electron chi connectivity index (χ4n) is 2.25. The molecule has 0 spiro atoms. The lowest BCUT2D eigenvalue weighted by atomic mass is 9.90. The molecule has 128 valence electrons. The molecule has 0 radical (unpaired) electrons. The molecule has 2 aromatic heterocycles. The normalized spacial score (nSPS) is 13.7. The minimum Gasteiger partial charge on any atom is -0.468 e. The molecule has 6 heteroatoms. The van der Waals surface area contributed by atoms with Crippen LogP contribution in [-0.4, -0.2) is 22.9 Å². The Morgan fingerprint density at radius 1 is 1.25 bits per heavy atom. The zero-order valence-corrected chi connectivity index (χ0v) is 14.3. The van der Waals surface area contributed by atoms with Crippen LogP contribution in [0.3, 0.4) is 0 Å². The Balaban J connectivity index is 2.04. The van der Waals surface area contributed by atoms with Crippen LogP contribution in [0, 0.1) is 17.2 Å². The number of carbonyl (C=O) groups is 1. The van der Waals surface area contributed by atoms with Crippen molar-refractivity contribution in [2.75, 3.05) is 6.54 Å². The lowest BCUT2D eigenvalue weighted by molar-refractivity contribution is -0.124. The zero-order chi connectivity index (χ0) is 17.6. The van der Waals surface area contributed by atoms with Crippen molar-refractivity contribution in [1.82, 2.24) is 10.2 Å². The van der Waals surface area contributed by atoms with Gasteiger partial charge in [-0.15, -0.1) is 0 Å². The molecule has 0 saturated carbocycles. The molecule has 2 rings (SSSR count). The molecule has 0 fully saturated rings. The highest BCUT2D eigenvalue weighted by atomic mass is 16.3. The van der Waals surface area contributed by atoms with Gasteiger partial charge in [0.15, 0.2) is 0 Å². The van der Waals surface area contributed by atoms with Crippen molar-refractivity contribution in [3.63, 3.8) is 0 Å². The van der Waals surface area contributed by atoms with Crippen molar-refractivity contribution in [2.45, 2.75) is 39.4 Å². The Morgan fingerprint density at radius 2 is 1.79 bits per heavy atom. The third-order valence-corrected chi connectivity index (χ3v) is 4.07. The maximum Gasteiger partial charge on any atom is 0.235 e. The molecule has 6 nitrogen and oxygen atoms in total. The number of nitrogens with zero attached hydrogens (tertiary/aromatic N) is 2. The monoisotopic (exact) mass is 329 g/mol. The van der Waals surface area contributed by atoms with Crippen LogP contribution in [0.2, 0.25) is 0 Å². The SMILES string of the molecule is CC(C)[C@@](C)(C#N)NC(=O)CN(Cc1ccco1)Cc1ccco1. The summed E-state index contributed by atoms with van der Waals surface area (Å²) in [7, 11) is 0. The van der Waals surface area contributed by atoms with E-state index >= 15 is 0 Å². The molecule has 0 bridgehead atoms. The topological polar surface area (TPSA) is 82.4 Å².